The fourth-order valence-electron chi connectivity index (χ4n) is 1.90. The van der Waals surface area contributed by atoms with E-state index in [-0.39, 0.29) is 24.0 Å². The molecule has 0 bridgehead atoms. The Labute approximate surface area is 152 Å². The zero-order valence-corrected chi connectivity index (χ0v) is 14.8. The SMILES string of the molecule is CCNC(=NCc1nc(C(F)(F)F)cs1)NCCOc1cccc(F)c1. The molecule has 0 saturated heterocycles. The van der Waals surface area contributed by atoms with Crippen LogP contribution in [0.5, 0.6) is 5.75 Å². The number of hydrogen-bond acceptors (Lipinski definition) is 4. The van der Waals surface area contributed by atoms with E-state index in [2.05, 4.69) is 20.6 Å². The first-order chi connectivity index (χ1) is 12.4. The van der Waals surface area contributed by atoms with Crippen LogP contribution >= 0.6 is 11.3 Å². The molecule has 0 saturated carbocycles. The summed E-state index contributed by atoms with van der Waals surface area (Å²) < 4.78 is 56.1. The van der Waals surface area contributed by atoms with Crippen molar-refractivity contribution in [3.63, 3.8) is 0 Å². The molecule has 0 spiro atoms. The summed E-state index contributed by atoms with van der Waals surface area (Å²) in [6.07, 6.45) is -4.45. The zero-order valence-electron chi connectivity index (χ0n) is 13.9. The van der Waals surface area contributed by atoms with Gasteiger partial charge < -0.3 is 15.4 Å². The third-order valence-electron chi connectivity index (χ3n) is 3.02. The summed E-state index contributed by atoms with van der Waals surface area (Å²) in [6.45, 7) is 3.13. The van der Waals surface area contributed by atoms with Crippen molar-refractivity contribution < 1.29 is 22.3 Å². The smallest absolute Gasteiger partial charge is 0.434 e. The number of alkyl halides is 3. The van der Waals surface area contributed by atoms with Gasteiger partial charge >= 0.3 is 6.18 Å². The Balaban J connectivity index is 1.83. The van der Waals surface area contributed by atoms with E-state index in [4.69, 9.17) is 4.74 Å². The first-order valence-corrected chi connectivity index (χ1v) is 8.68. The van der Waals surface area contributed by atoms with Crippen LogP contribution in [0.3, 0.4) is 0 Å². The van der Waals surface area contributed by atoms with Crippen LogP contribution in [-0.2, 0) is 12.7 Å². The molecular weight excluding hydrogens is 372 g/mol. The summed E-state index contributed by atoms with van der Waals surface area (Å²) >= 11 is 0.910. The Hall–Kier alpha value is -2.36. The van der Waals surface area contributed by atoms with Gasteiger partial charge in [0.15, 0.2) is 11.7 Å². The highest BCUT2D eigenvalue weighted by Crippen LogP contribution is 2.30. The molecule has 0 aliphatic heterocycles. The number of aromatic nitrogens is 1. The Morgan fingerprint density at radius 2 is 2.12 bits per heavy atom. The van der Waals surface area contributed by atoms with Gasteiger partial charge in [0.05, 0.1) is 13.1 Å². The number of aliphatic imine (C=N–C) groups is 1. The molecule has 0 fully saturated rings. The molecule has 0 amide bonds. The van der Waals surface area contributed by atoms with E-state index in [0.29, 0.717) is 24.8 Å². The zero-order chi connectivity index (χ0) is 19.0. The van der Waals surface area contributed by atoms with Crippen LogP contribution in [-0.4, -0.2) is 30.6 Å². The lowest BCUT2D eigenvalue weighted by atomic mass is 10.3. The molecule has 0 unspecified atom stereocenters. The van der Waals surface area contributed by atoms with Gasteiger partial charge in [-0.25, -0.2) is 14.4 Å². The number of ether oxygens (including phenoxy) is 1. The van der Waals surface area contributed by atoms with Gasteiger partial charge in [-0.1, -0.05) is 6.07 Å². The van der Waals surface area contributed by atoms with Crippen LogP contribution in [0.2, 0.25) is 0 Å². The average Bonchev–Trinajstić information content (AvgIpc) is 3.06. The number of guanidine groups is 1. The van der Waals surface area contributed by atoms with E-state index in [1.54, 1.807) is 12.1 Å². The minimum atomic E-state index is -4.45. The van der Waals surface area contributed by atoms with Crippen molar-refractivity contribution in [2.45, 2.75) is 19.6 Å². The lowest BCUT2D eigenvalue weighted by Gasteiger charge is -2.11. The molecule has 10 heteroatoms. The first-order valence-electron chi connectivity index (χ1n) is 7.80. The van der Waals surface area contributed by atoms with Crippen molar-refractivity contribution >= 4 is 17.3 Å². The quantitative estimate of drug-likeness (QED) is 0.329. The summed E-state index contributed by atoms with van der Waals surface area (Å²) in [5.74, 6) is 0.461. The molecule has 142 valence electrons. The molecule has 2 N–H and O–H groups in total. The number of halogens is 4. The van der Waals surface area contributed by atoms with Crippen molar-refractivity contribution in [1.29, 1.82) is 0 Å². The third kappa shape index (κ3) is 6.51. The van der Waals surface area contributed by atoms with E-state index in [1.165, 1.54) is 12.1 Å². The van der Waals surface area contributed by atoms with Crippen LogP contribution in [0.15, 0.2) is 34.6 Å². The Kier molecular flexibility index (Phi) is 7.19. The molecule has 2 rings (SSSR count). The minimum Gasteiger partial charge on any atom is -0.492 e. The van der Waals surface area contributed by atoms with Crippen molar-refractivity contribution in [2.75, 3.05) is 19.7 Å². The summed E-state index contributed by atoms with van der Waals surface area (Å²) in [6, 6.07) is 5.79. The highest BCUT2D eigenvalue weighted by Gasteiger charge is 2.33. The van der Waals surface area contributed by atoms with Gasteiger partial charge in [-0.3, -0.25) is 0 Å². The van der Waals surface area contributed by atoms with Gasteiger partial charge in [0.2, 0.25) is 0 Å². The molecule has 1 aromatic carbocycles. The number of thiazole rings is 1. The van der Waals surface area contributed by atoms with E-state index < -0.39 is 11.9 Å². The normalized spacial score (nSPS) is 12.1. The minimum absolute atomic E-state index is 0.0286. The molecule has 26 heavy (non-hydrogen) atoms. The van der Waals surface area contributed by atoms with E-state index in [0.717, 1.165) is 16.7 Å². The van der Waals surface area contributed by atoms with Gasteiger partial charge in [0, 0.05) is 18.0 Å². The molecule has 0 aliphatic rings. The van der Waals surface area contributed by atoms with E-state index >= 15 is 0 Å². The predicted octanol–water partition coefficient (Wildman–Crippen LogP) is 3.44. The maximum Gasteiger partial charge on any atom is 0.434 e. The number of nitrogens with one attached hydrogen (secondary N) is 2. The molecule has 0 atom stereocenters. The lowest BCUT2D eigenvalue weighted by molar-refractivity contribution is -0.140. The lowest BCUT2D eigenvalue weighted by Crippen LogP contribution is -2.39. The summed E-state index contributed by atoms with van der Waals surface area (Å²) in [4.78, 5) is 7.73. The maximum atomic E-state index is 13.0. The second-order valence-corrected chi connectivity index (χ2v) is 5.99. The Morgan fingerprint density at radius 3 is 2.77 bits per heavy atom. The Bertz CT molecular complexity index is 733. The fourth-order valence-corrected chi connectivity index (χ4v) is 2.62. The summed E-state index contributed by atoms with van der Waals surface area (Å²) in [5.41, 5.74) is -0.908. The summed E-state index contributed by atoms with van der Waals surface area (Å²) in [5, 5.41) is 7.20. The second-order valence-electron chi connectivity index (χ2n) is 5.05. The molecule has 1 heterocycles. The highest BCUT2D eigenvalue weighted by molar-refractivity contribution is 7.09. The largest absolute Gasteiger partial charge is 0.492 e. The van der Waals surface area contributed by atoms with Crippen molar-refractivity contribution in [1.82, 2.24) is 15.6 Å². The topological polar surface area (TPSA) is 58.5 Å². The van der Waals surface area contributed by atoms with E-state index in [9.17, 15) is 17.6 Å². The van der Waals surface area contributed by atoms with Gasteiger partial charge in [-0.05, 0) is 19.1 Å². The monoisotopic (exact) mass is 390 g/mol. The third-order valence-corrected chi connectivity index (χ3v) is 3.85. The molecule has 1 aromatic heterocycles. The van der Waals surface area contributed by atoms with E-state index in [1.807, 2.05) is 6.92 Å². The average molecular weight is 390 g/mol. The predicted molar refractivity (Wildman–Crippen MR) is 91.8 cm³/mol. The molecule has 0 aliphatic carbocycles. The second kappa shape index (κ2) is 9.37. The molecular formula is C16H18F4N4OS. The van der Waals surface area contributed by atoms with Crippen LogP contribution in [0.4, 0.5) is 17.6 Å². The standard InChI is InChI=1S/C16H18F4N4OS/c1-2-21-15(22-6-7-25-12-5-3-4-11(17)8-12)23-9-14-24-13(10-26-14)16(18,19)20/h3-5,8,10H,2,6-7,9H2,1H3,(H2,21,22,23). The van der Waals surface area contributed by atoms with Gasteiger partial charge in [-0.2, -0.15) is 13.2 Å². The van der Waals surface area contributed by atoms with Crippen molar-refractivity contribution in [3.8, 4) is 5.75 Å². The number of rotatable bonds is 7. The van der Waals surface area contributed by atoms with Crippen molar-refractivity contribution in [2.24, 2.45) is 4.99 Å². The molecule has 5 nitrogen and oxygen atoms in total. The number of hydrogen-bond donors (Lipinski definition) is 2. The Morgan fingerprint density at radius 1 is 1.31 bits per heavy atom. The van der Waals surface area contributed by atoms with Gasteiger partial charge in [0.25, 0.3) is 0 Å². The number of nitrogens with zero attached hydrogens (tertiary/aromatic N) is 2. The van der Waals surface area contributed by atoms with Gasteiger partial charge in [0.1, 0.15) is 23.2 Å². The number of benzene rings is 1. The van der Waals surface area contributed by atoms with Crippen LogP contribution in [0.25, 0.3) is 0 Å². The van der Waals surface area contributed by atoms with Crippen LogP contribution < -0.4 is 15.4 Å². The highest BCUT2D eigenvalue weighted by atomic mass is 32.1. The summed E-state index contributed by atoms with van der Waals surface area (Å²) in [7, 11) is 0. The molecule has 2 aromatic rings. The fraction of sp³-hybridized carbons (Fsp3) is 0.375. The maximum absolute atomic E-state index is 13.0. The first kappa shape index (κ1) is 20.0. The molecule has 0 radical (unpaired) electrons. The van der Waals surface area contributed by atoms with Crippen LogP contribution in [0, 0.1) is 5.82 Å². The van der Waals surface area contributed by atoms with Crippen LogP contribution in [0.1, 0.15) is 17.6 Å². The van der Waals surface area contributed by atoms with Gasteiger partial charge in [-0.15, -0.1) is 11.3 Å². The van der Waals surface area contributed by atoms with Crippen molar-refractivity contribution in [3.05, 3.63) is 46.2 Å².